The molecule has 0 radical (unpaired) electrons. The van der Waals surface area contributed by atoms with Crippen molar-refractivity contribution in [3.63, 3.8) is 0 Å². The van der Waals surface area contributed by atoms with Gasteiger partial charge in [0, 0.05) is 50.3 Å². The van der Waals surface area contributed by atoms with Gasteiger partial charge in [-0.1, -0.05) is 158 Å². The van der Waals surface area contributed by atoms with E-state index in [1.165, 1.54) is 0 Å². The second kappa shape index (κ2) is 15.3. The number of nitrogens with zero attached hydrogens (tertiary/aromatic N) is 2. The van der Waals surface area contributed by atoms with Gasteiger partial charge in [-0.2, -0.15) is 0 Å². The first-order valence-corrected chi connectivity index (χ1v) is 20.9. The van der Waals surface area contributed by atoms with E-state index < -0.39 is 18.1 Å². The molecule has 0 aliphatic carbocycles. The lowest BCUT2D eigenvalue weighted by Crippen LogP contribution is -2.10. The molecule has 0 fully saturated rings. The highest BCUT2D eigenvalue weighted by Gasteiger charge is 2.19. The Morgan fingerprint density at radius 2 is 0.857 bits per heavy atom. The summed E-state index contributed by atoms with van der Waals surface area (Å²) in [6.07, 6.45) is 0. The molecule has 0 atom stereocenters. The summed E-state index contributed by atoms with van der Waals surface area (Å²) in [5.74, 6) is 0. The van der Waals surface area contributed by atoms with Crippen LogP contribution in [-0.4, -0.2) is 4.57 Å². The molecule has 0 aliphatic rings. The van der Waals surface area contributed by atoms with E-state index >= 15 is 0 Å². The van der Waals surface area contributed by atoms with Crippen molar-refractivity contribution in [3.8, 4) is 50.2 Å². The van der Waals surface area contributed by atoms with Gasteiger partial charge in [0.1, 0.15) is 11.2 Å². The molecule has 10 aromatic carbocycles. The molecule has 12 rings (SSSR count). The maximum Gasteiger partial charge on any atom is 0.137 e. The molecule has 2 heterocycles. The average Bonchev–Trinajstić information content (AvgIpc) is 3.98. The van der Waals surface area contributed by atoms with Crippen LogP contribution in [0.4, 0.5) is 17.1 Å². The highest BCUT2D eigenvalue weighted by molar-refractivity contribution is 6.12. The summed E-state index contributed by atoms with van der Waals surface area (Å²) in [5, 5.41) is 2.27. The van der Waals surface area contributed by atoms with Crippen LogP contribution in [0, 0.1) is 0 Å². The van der Waals surface area contributed by atoms with Crippen LogP contribution in [0.25, 0.3) is 93.9 Å². The molecular weight excluding hydrogens is 765 g/mol. The molecule has 296 valence electrons. The second-order valence-electron chi connectivity index (χ2n) is 15.6. The van der Waals surface area contributed by atoms with Crippen LogP contribution in [0.3, 0.4) is 0 Å². The molecule has 0 spiro atoms. The molecule has 63 heavy (non-hydrogen) atoms. The van der Waals surface area contributed by atoms with Crippen molar-refractivity contribution in [1.82, 2.24) is 4.57 Å². The van der Waals surface area contributed by atoms with E-state index in [2.05, 4.69) is 114 Å². The second-order valence-corrected chi connectivity index (χ2v) is 15.6. The Morgan fingerprint density at radius 1 is 0.349 bits per heavy atom. The molecule has 3 heteroatoms. The molecule has 0 amide bonds. The normalized spacial score (nSPS) is 13.0. The fourth-order valence-corrected chi connectivity index (χ4v) is 8.81. The fraction of sp³-hybridized carbons (Fsp3) is 0. The predicted octanol–water partition coefficient (Wildman–Crippen LogP) is 16.8. The minimum Gasteiger partial charge on any atom is -0.456 e. The van der Waals surface area contributed by atoms with Crippen molar-refractivity contribution in [2.24, 2.45) is 0 Å². The van der Waals surface area contributed by atoms with E-state index in [0.717, 1.165) is 72.0 Å². The van der Waals surface area contributed by atoms with E-state index in [4.69, 9.17) is 9.90 Å². The number of furan rings is 1. The Kier molecular flexibility index (Phi) is 7.21. The zero-order valence-electron chi connectivity index (χ0n) is 40.9. The summed E-state index contributed by atoms with van der Waals surface area (Å²) >= 11 is 0. The lowest BCUT2D eigenvalue weighted by atomic mass is 10.0. The largest absolute Gasteiger partial charge is 0.456 e. The minimum atomic E-state index is -0.477. The predicted molar refractivity (Wildman–Crippen MR) is 264 cm³/mol. The van der Waals surface area contributed by atoms with Crippen LogP contribution in [-0.2, 0) is 0 Å². The summed E-state index contributed by atoms with van der Waals surface area (Å²) < 4.78 is 71.1. The van der Waals surface area contributed by atoms with Crippen molar-refractivity contribution in [2.75, 3.05) is 4.90 Å². The van der Waals surface area contributed by atoms with Crippen molar-refractivity contribution in [1.29, 1.82) is 0 Å². The van der Waals surface area contributed by atoms with Gasteiger partial charge in [0.2, 0.25) is 0 Å². The molecule has 0 bridgehead atoms. The maximum absolute atomic E-state index is 9.69. The SMILES string of the molecule is [2H]c1c([2H])c([2H])c2c(oc3c([2H])c(N(c4ccc(-c5ccccc5)cc4)c4cccc(-c5cccc(-n6c7ccc(-c8ccccc8)cc7c7cc(-c8ccccc8)ccc76)c5)c4)c([2H])c([2H])c32)c1[2H]. The number of anilines is 3. The molecule has 0 saturated heterocycles. The maximum atomic E-state index is 9.69. The van der Waals surface area contributed by atoms with E-state index in [-0.39, 0.29) is 51.8 Å². The topological polar surface area (TPSA) is 21.3 Å². The van der Waals surface area contributed by atoms with Crippen molar-refractivity contribution < 1.29 is 14.0 Å². The van der Waals surface area contributed by atoms with E-state index in [1.54, 1.807) is 4.90 Å². The molecule has 0 aliphatic heterocycles. The fourth-order valence-electron chi connectivity index (χ4n) is 8.81. The van der Waals surface area contributed by atoms with E-state index in [9.17, 15) is 4.11 Å². The van der Waals surface area contributed by atoms with Gasteiger partial charge >= 0.3 is 0 Å². The van der Waals surface area contributed by atoms with Gasteiger partial charge in [-0.15, -0.1) is 0 Å². The van der Waals surface area contributed by atoms with Crippen molar-refractivity contribution >= 4 is 60.8 Å². The first kappa shape index (κ1) is 29.8. The average molecular weight is 812 g/mol. The number of benzene rings is 10. The molecule has 0 saturated carbocycles. The summed E-state index contributed by atoms with van der Waals surface area (Å²) in [7, 11) is 0. The zero-order valence-corrected chi connectivity index (χ0v) is 33.9. The lowest BCUT2D eigenvalue weighted by molar-refractivity contribution is 0.669. The third-order valence-electron chi connectivity index (χ3n) is 11.8. The first-order valence-electron chi connectivity index (χ1n) is 24.4. The Balaban J connectivity index is 1.03. The highest BCUT2D eigenvalue weighted by Crippen LogP contribution is 2.42. The quantitative estimate of drug-likeness (QED) is 0.152. The number of hydrogen-bond donors (Lipinski definition) is 0. The standard InChI is InChI=1S/C60H40N2O/c1-4-14-41(15-5-1)44-26-30-49(31-27-44)61(52-32-33-54-53-24-10-11-25-59(53)63-60(54)40-52)50-22-12-20-45(36-50)46-21-13-23-51(37-46)62-57-34-28-47(42-16-6-2-7-17-42)38-55(57)56-39-48(29-35-58(56)62)43-18-8-3-9-19-43/h1-40H/i10D,11D,24D,25D,32D,33D,40D. The smallest absolute Gasteiger partial charge is 0.137 e. The van der Waals surface area contributed by atoms with E-state index in [0.29, 0.717) is 11.4 Å². The third-order valence-corrected chi connectivity index (χ3v) is 11.8. The van der Waals surface area contributed by atoms with Gasteiger partial charge in [-0.05, 0) is 123 Å². The van der Waals surface area contributed by atoms with Crippen LogP contribution < -0.4 is 4.90 Å². The highest BCUT2D eigenvalue weighted by atomic mass is 16.3. The van der Waals surface area contributed by atoms with Crippen LogP contribution in [0.2, 0.25) is 0 Å². The summed E-state index contributed by atoms with van der Waals surface area (Å²) in [4.78, 5) is 1.79. The Hall–Kier alpha value is -8.40. The molecule has 3 nitrogen and oxygen atoms in total. The Labute approximate surface area is 375 Å². The van der Waals surface area contributed by atoms with Crippen molar-refractivity contribution in [2.45, 2.75) is 0 Å². The van der Waals surface area contributed by atoms with Gasteiger partial charge in [-0.3, -0.25) is 0 Å². The van der Waals surface area contributed by atoms with Crippen LogP contribution >= 0.6 is 0 Å². The van der Waals surface area contributed by atoms with Gasteiger partial charge in [0.05, 0.1) is 20.6 Å². The molecular formula is C60H40N2O. The van der Waals surface area contributed by atoms with Gasteiger partial charge in [0.15, 0.2) is 0 Å². The molecule has 12 aromatic rings. The van der Waals surface area contributed by atoms with Crippen LogP contribution in [0.1, 0.15) is 9.60 Å². The Morgan fingerprint density at radius 3 is 1.51 bits per heavy atom. The zero-order chi connectivity index (χ0) is 47.8. The summed E-state index contributed by atoms with van der Waals surface area (Å²) in [5.41, 5.74) is 12.6. The molecule has 0 unspecified atom stereocenters. The number of hydrogen-bond acceptors (Lipinski definition) is 2. The number of fused-ring (bicyclic) bond motifs is 6. The number of rotatable bonds is 8. The first-order chi connectivity index (χ1) is 34.1. The van der Waals surface area contributed by atoms with Gasteiger partial charge in [0.25, 0.3) is 0 Å². The molecule has 2 aromatic heterocycles. The van der Waals surface area contributed by atoms with Gasteiger partial charge < -0.3 is 13.9 Å². The summed E-state index contributed by atoms with van der Waals surface area (Å²) in [6.45, 7) is 0. The number of para-hydroxylation sites is 1. The number of aromatic nitrogens is 1. The molecule has 0 N–H and O–H groups in total. The lowest BCUT2D eigenvalue weighted by Gasteiger charge is -2.26. The third kappa shape index (κ3) is 6.55. The minimum absolute atomic E-state index is 0.00308. The Bertz CT molecular complexity index is 3920. The van der Waals surface area contributed by atoms with E-state index in [1.807, 2.05) is 91.0 Å². The van der Waals surface area contributed by atoms with Crippen LogP contribution in [0.5, 0.6) is 0 Å². The summed E-state index contributed by atoms with van der Waals surface area (Å²) in [6, 6.07) is 65.8. The monoisotopic (exact) mass is 811 g/mol. The van der Waals surface area contributed by atoms with Crippen molar-refractivity contribution in [3.05, 3.63) is 242 Å². The van der Waals surface area contributed by atoms with Crippen LogP contribution in [0.15, 0.2) is 247 Å². The van der Waals surface area contributed by atoms with Gasteiger partial charge in [-0.25, -0.2) is 0 Å².